The molecule has 92 valence electrons. The Kier molecular flexibility index (Phi) is 2.71. The fourth-order valence-electron chi connectivity index (χ4n) is 3.28. The summed E-state index contributed by atoms with van der Waals surface area (Å²) in [6.45, 7) is 2.26. The molecular weight excluding hydrogens is 212 g/mol. The quantitative estimate of drug-likeness (QED) is 0.812. The van der Waals surface area contributed by atoms with E-state index in [2.05, 4.69) is 11.0 Å². The third-order valence-electron chi connectivity index (χ3n) is 4.25. The minimum absolute atomic E-state index is 0.807. The molecule has 0 aromatic heterocycles. The summed E-state index contributed by atoms with van der Waals surface area (Å²) in [5, 5.41) is 0. The van der Waals surface area contributed by atoms with Gasteiger partial charge in [0.25, 0.3) is 0 Å². The zero-order valence-electron chi connectivity index (χ0n) is 10.4. The number of hydrogen-bond acceptors (Lipinski definition) is 3. The molecule has 2 atom stereocenters. The first-order chi connectivity index (χ1) is 8.26. The SMILES string of the molecule is COc1ccc(CN2CC3CCC2C3)c(N)c1. The predicted octanol–water partition coefficient (Wildman–Crippen LogP) is 2.26. The number of hydrogen-bond donors (Lipinski definition) is 1. The molecule has 1 saturated heterocycles. The molecule has 1 saturated carbocycles. The van der Waals surface area contributed by atoms with Crippen LogP contribution >= 0.6 is 0 Å². The fraction of sp³-hybridized carbons (Fsp3) is 0.571. The lowest BCUT2D eigenvalue weighted by atomic mass is 10.1. The number of nitrogens with two attached hydrogens (primary N) is 1. The molecule has 2 unspecified atom stereocenters. The molecule has 3 rings (SSSR count). The maximum Gasteiger partial charge on any atom is 0.120 e. The third kappa shape index (κ3) is 2.00. The van der Waals surface area contributed by atoms with E-state index in [9.17, 15) is 0 Å². The predicted molar refractivity (Wildman–Crippen MR) is 68.9 cm³/mol. The highest BCUT2D eigenvalue weighted by Gasteiger charge is 2.37. The maximum atomic E-state index is 6.07. The van der Waals surface area contributed by atoms with Gasteiger partial charge >= 0.3 is 0 Å². The molecule has 2 bridgehead atoms. The largest absolute Gasteiger partial charge is 0.497 e. The van der Waals surface area contributed by atoms with Crippen LogP contribution in [0.5, 0.6) is 5.75 Å². The first-order valence-electron chi connectivity index (χ1n) is 6.42. The normalized spacial score (nSPS) is 27.6. The molecule has 0 radical (unpaired) electrons. The van der Waals surface area contributed by atoms with Gasteiger partial charge in [0.1, 0.15) is 5.75 Å². The minimum Gasteiger partial charge on any atom is -0.497 e. The van der Waals surface area contributed by atoms with Crippen molar-refractivity contribution >= 4 is 5.69 Å². The molecule has 1 aliphatic heterocycles. The molecule has 1 heterocycles. The average Bonchev–Trinajstić information content (AvgIpc) is 2.93. The van der Waals surface area contributed by atoms with E-state index in [-0.39, 0.29) is 0 Å². The number of anilines is 1. The summed E-state index contributed by atoms with van der Waals surface area (Å²) in [6.07, 6.45) is 4.20. The number of fused-ring (bicyclic) bond motifs is 2. The lowest BCUT2D eigenvalue weighted by Crippen LogP contribution is -2.31. The molecule has 1 aromatic carbocycles. The van der Waals surface area contributed by atoms with Gasteiger partial charge in [0.05, 0.1) is 7.11 Å². The van der Waals surface area contributed by atoms with Crippen LogP contribution in [0.15, 0.2) is 18.2 Å². The van der Waals surface area contributed by atoms with Crippen molar-refractivity contribution in [1.82, 2.24) is 4.90 Å². The van der Waals surface area contributed by atoms with Gasteiger partial charge in [0, 0.05) is 30.9 Å². The lowest BCUT2D eigenvalue weighted by molar-refractivity contribution is 0.205. The Morgan fingerprint density at radius 1 is 1.41 bits per heavy atom. The molecule has 2 fully saturated rings. The van der Waals surface area contributed by atoms with E-state index >= 15 is 0 Å². The van der Waals surface area contributed by atoms with E-state index < -0.39 is 0 Å². The number of nitrogens with zero attached hydrogens (tertiary/aromatic N) is 1. The summed E-state index contributed by atoms with van der Waals surface area (Å²) < 4.78 is 5.18. The van der Waals surface area contributed by atoms with Crippen LogP contribution in [0.4, 0.5) is 5.69 Å². The minimum atomic E-state index is 0.807. The molecule has 2 aliphatic rings. The van der Waals surface area contributed by atoms with Gasteiger partial charge in [-0.2, -0.15) is 0 Å². The van der Waals surface area contributed by atoms with Gasteiger partial charge in [0.2, 0.25) is 0 Å². The molecule has 0 spiro atoms. The number of likely N-dealkylation sites (tertiary alicyclic amines) is 1. The second-order valence-electron chi connectivity index (χ2n) is 5.33. The zero-order chi connectivity index (χ0) is 11.8. The molecule has 3 heteroatoms. The van der Waals surface area contributed by atoms with Crippen molar-refractivity contribution < 1.29 is 4.74 Å². The van der Waals surface area contributed by atoms with Crippen LogP contribution in [-0.4, -0.2) is 24.6 Å². The monoisotopic (exact) mass is 232 g/mol. The van der Waals surface area contributed by atoms with Crippen molar-refractivity contribution in [1.29, 1.82) is 0 Å². The second kappa shape index (κ2) is 4.22. The zero-order valence-corrected chi connectivity index (χ0v) is 10.4. The summed E-state index contributed by atoms with van der Waals surface area (Å²) in [6, 6.07) is 6.82. The standard InChI is InChI=1S/C14H20N2O/c1-17-13-5-3-11(14(15)7-13)9-16-8-10-2-4-12(16)6-10/h3,5,7,10,12H,2,4,6,8-9,15H2,1H3. The van der Waals surface area contributed by atoms with E-state index in [1.54, 1.807) is 7.11 Å². The smallest absolute Gasteiger partial charge is 0.120 e. The Bertz CT molecular complexity index is 419. The van der Waals surface area contributed by atoms with Crippen LogP contribution < -0.4 is 10.5 Å². The highest BCUT2D eigenvalue weighted by atomic mass is 16.5. The van der Waals surface area contributed by atoms with Gasteiger partial charge in [0.15, 0.2) is 0 Å². The number of nitrogen functional groups attached to an aromatic ring is 1. The Morgan fingerprint density at radius 3 is 2.88 bits per heavy atom. The van der Waals surface area contributed by atoms with Crippen molar-refractivity contribution in [2.75, 3.05) is 19.4 Å². The van der Waals surface area contributed by atoms with Crippen LogP contribution in [0.3, 0.4) is 0 Å². The Morgan fingerprint density at radius 2 is 2.29 bits per heavy atom. The van der Waals surface area contributed by atoms with E-state index in [0.29, 0.717) is 0 Å². The molecule has 1 aliphatic carbocycles. The van der Waals surface area contributed by atoms with E-state index in [1.807, 2.05) is 12.1 Å². The van der Waals surface area contributed by atoms with Crippen LogP contribution in [0.1, 0.15) is 24.8 Å². The number of ether oxygens (including phenoxy) is 1. The van der Waals surface area contributed by atoms with Crippen molar-refractivity contribution in [2.45, 2.75) is 31.8 Å². The van der Waals surface area contributed by atoms with Crippen LogP contribution in [0, 0.1) is 5.92 Å². The Labute approximate surface area is 103 Å². The number of piperidine rings is 1. The highest BCUT2D eigenvalue weighted by Crippen LogP contribution is 2.38. The van der Waals surface area contributed by atoms with Gasteiger partial charge < -0.3 is 10.5 Å². The third-order valence-corrected chi connectivity index (χ3v) is 4.25. The van der Waals surface area contributed by atoms with Gasteiger partial charge in [-0.3, -0.25) is 4.90 Å². The van der Waals surface area contributed by atoms with Gasteiger partial charge in [-0.15, -0.1) is 0 Å². The first kappa shape index (κ1) is 10.9. The highest BCUT2D eigenvalue weighted by molar-refractivity contribution is 5.51. The Hall–Kier alpha value is -1.22. The summed E-state index contributed by atoms with van der Waals surface area (Å²) in [5.74, 6) is 1.79. The van der Waals surface area contributed by atoms with E-state index in [1.165, 1.54) is 31.4 Å². The summed E-state index contributed by atoms with van der Waals surface area (Å²) in [5.41, 5.74) is 8.15. The maximum absolute atomic E-state index is 6.07. The van der Waals surface area contributed by atoms with Gasteiger partial charge in [-0.25, -0.2) is 0 Å². The molecular formula is C14H20N2O. The Balaban J connectivity index is 1.73. The summed E-state index contributed by atoms with van der Waals surface area (Å²) >= 11 is 0. The van der Waals surface area contributed by atoms with Crippen LogP contribution in [0.2, 0.25) is 0 Å². The second-order valence-corrected chi connectivity index (χ2v) is 5.33. The molecule has 2 N–H and O–H groups in total. The van der Waals surface area contributed by atoms with Gasteiger partial charge in [-0.1, -0.05) is 6.07 Å². The lowest BCUT2D eigenvalue weighted by Gasteiger charge is -2.27. The average molecular weight is 232 g/mol. The van der Waals surface area contributed by atoms with Crippen molar-refractivity contribution in [3.63, 3.8) is 0 Å². The fourth-order valence-corrected chi connectivity index (χ4v) is 3.28. The first-order valence-corrected chi connectivity index (χ1v) is 6.42. The number of benzene rings is 1. The summed E-state index contributed by atoms with van der Waals surface area (Å²) in [7, 11) is 1.67. The van der Waals surface area contributed by atoms with Crippen molar-refractivity contribution in [2.24, 2.45) is 5.92 Å². The molecule has 0 amide bonds. The summed E-state index contributed by atoms with van der Waals surface area (Å²) in [4.78, 5) is 2.59. The van der Waals surface area contributed by atoms with E-state index in [4.69, 9.17) is 10.5 Å². The van der Waals surface area contributed by atoms with E-state index in [0.717, 1.165) is 29.9 Å². The molecule has 1 aromatic rings. The number of rotatable bonds is 3. The van der Waals surface area contributed by atoms with Crippen LogP contribution in [-0.2, 0) is 6.54 Å². The number of methoxy groups -OCH3 is 1. The van der Waals surface area contributed by atoms with Crippen molar-refractivity contribution in [3.8, 4) is 5.75 Å². The topological polar surface area (TPSA) is 38.5 Å². The van der Waals surface area contributed by atoms with Crippen LogP contribution in [0.25, 0.3) is 0 Å². The molecule has 17 heavy (non-hydrogen) atoms. The van der Waals surface area contributed by atoms with Crippen molar-refractivity contribution in [3.05, 3.63) is 23.8 Å². The van der Waals surface area contributed by atoms with Gasteiger partial charge in [-0.05, 0) is 36.8 Å². The molecule has 3 nitrogen and oxygen atoms in total.